The van der Waals surface area contributed by atoms with Gasteiger partial charge in [0.15, 0.2) is 0 Å². The average Bonchev–Trinajstić information content (AvgIpc) is 2.50. The van der Waals surface area contributed by atoms with E-state index in [-0.39, 0.29) is 5.82 Å². The van der Waals surface area contributed by atoms with Crippen molar-refractivity contribution in [1.82, 2.24) is 9.78 Å². The standard InChI is InChI=1S/C12H14FN3/c1-7-4-5-9(13)6-10(7)11-8(2)12(14)16(3)15-11/h4-6H,14H2,1-3H3. The number of nitrogens with zero attached hydrogens (tertiary/aromatic N) is 2. The first kappa shape index (κ1) is 10.7. The number of hydrogen-bond acceptors (Lipinski definition) is 2. The number of aryl methyl sites for hydroxylation is 2. The normalized spacial score (nSPS) is 10.8. The number of halogens is 1. The second-order valence-electron chi connectivity index (χ2n) is 3.94. The van der Waals surface area contributed by atoms with Crippen LogP contribution in [-0.4, -0.2) is 9.78 Å². The minimum absolute atomic E-state index is 0.260. The van der Waals surface area contributed by atoms with E-state index in [9.17, 15) is 4.39 Å². The van der Waals surface area contributed by atoms with E-state index in [0.717, 1.165) is 22.4 Å². The van der Waals surface area contributed by atoms with Crippen LogP contribution in [0.1, 0.15) is 11.1 Å². The molecule has 0 unspecified atom stereocenters. The highest BCUT2D eigenvalue weighted by Crippen LogP contribution is 2.28. The summed E-state index contributed by atoms with van der Waals surface area (Å²) in [5.41, 5.74) is 9.25. The van der Waals surface area contributed by atoms with Gasteiger partial charge in [0.2, 0.25) is 0 Å². The van der Waals surface area contributed by atoms with Crippen LogP contribution in [0, 0.1) is 19.7 Å². The van der Waals surface area contributed by atoms with Crippen LogP contribution in [0.25, 0.3) is 11.3 Å². The maximum atomic E-state index is 13.2. The molecule has 0 aliphatic carbocycles. The summed E-state index contributed by atoms with van der Waals surface area (Å²) in [6.45, 7) is 3.82. The van der Waals surface area contributed by atoms with Gasteiger partial charge in [-0.25, -0.2) is 4.39 Å². The zero-order chi connectivity index (χ0) is 11.9. The molecule has 0 radical (unpaired) electrons. The minimum Gasteiger partial charge on any atom is -0.384 e. The molecule has 0 atom stereocenters. The third-order valence-electron chi connectivity index (χ3n) is 2.79. The lowest BCUT2D eigenvalue weighted by Crippen LogP contribution is -1.97. The summed E-state index contributed by atoms with van der Waals surface area (Å²) >= 11 is 0. The van der Waals surface area contributed by atoms with Crippen molar-refractivity contribution < 1.29 is 4.39 Å². The highest BCUT2D eigenvalue weighted by molar-refractivity contribution is 5.70. The van der Waals surface area contributed by atoms with Crippen molar-refractivity contribution in [2.75, 3.05) is 5.73 Å². The van der Waals surface area contributed by atoms with E-state index in [1.54, 1.807) is 17.8 Å². The molecule has 0 bridgehead atoms. The van der Waals surface area contributed by atoms with Crippen LogP contribution in [0.15, 0.2) is 18.2 Å². The number of hydrogen-bond donors (Lipinski definition) is 1. The zero-order valence-corrected chi connectivity index (χ0v) is 9.58. The Balaban J connectivity index is 2.67. The molecule has 0 saturated heterocycles. The van der Waals surface area contributed by atoms with Gasteiger partial charge in [-0.05, 0) is 31.5 Å². The number of anilines is 1. The third-order valence-corrected chi connectivity index (χ3v) is 2.79. The molecule has 2 rings (SSSR count). The van der Waals surface area contributed by atoms with Gasteiger partial charge in [0.25, 0.3) is 0 Å². The van der Waals surface area contributed by atoms with Gasteiger partial charge in [0.05, 0.1) is 5.69 Å². The molecule has 2 N–H and O–H groups in total. The van der Waals surface area contributed by atoms with E-state index in [0.29, 0.717) is 5.82 Å². The summed E-state index contributed by atoms with van der Waals surface area (Å²) in [4.78, 5) is 0. The second kappa shape index (κ2) is 3.63. The van der Waals surface area contributed by atoms with Gasteiger partial charge in [-0.2, -0.15) is 5.10 Å². The molecule has 1 aromatic heterocycles. The fraction of sp³-hybridized carbons (Fsp3) is 0.250. The fourth-order valence-electron chi connectivity index (χ4n) is 1.75. The lowest BCUT2D eigenvalue weighted by atomic mass is 10.0. The summed E-state index contributed by atoms with van der Waals surface area (Å²) in [5, 5.41) is 4.31. The van der Waals surface area contributed by atoms with Crippen molar-refractivity contribution in [3.8, 4) is 11.3 Å². The van der Waals surface area contributed by atoms with E-state index in [4.69, 9.17) is 5.73 Å². The molecule has 4 heteroatoms. The molecule has 1 aromatic carbocycles. The largest absolute Gasteiger partial charge is 0.384 e. The van der Waals surface area contributed by atoms with E-state index in [1.807, 2.05) is 13.8 Å². The summed E-state index contributed by atoms with van der Waals surface area (Å²) in [7, 11) is 1.78. The minimum atomic E-state index is -0.260. The quantitative estimate of drug-likeness (QED) is 0.800. The van der Waals surface area contributed by atoms with Crippen molar-refractivity contribution >= 4 is 5.82 Å². The molecule has 0 aliphatic rings. The monoisotopic (exact) mass is 219 g/mol. The van der Waals surface area contributed by atoms with Crippen LogP contribution in [0.3, 0.4) is 0 Å². The second-order valence-corrected chi connectivity index (χ2v) is 3.94. The van der Waals surface area contributed by atoms with Crippen molar-refractivity contribution in [2.45, 2.75) is 13.8 Å². The molecule has 16 heavy (non-hydrogen) atoms. The van der Waals surface area contributed by atoms with Gasteiger partial charge in [-0.15, -0.1) is 0 Å². The Hall–Kier alpha value is -1.84. The Morgan fingerprint density at radius 2 is 2.00 bits per heavy atom. The first-order valence-corrected chi connectivity index (χ1v) is 5.06. The molecule has 0 spiro atoms. The van der Waals surface area contributed by atoms with E-state index < -0.39 is 0 Å². The zero-order valence-electron chi connectivity index (χ0n) is 9.58. The topological polar surface area (TPSA) is 43.8 Å². The molecule has 0 aliphatic heterocycles. The third kappa shape index (κ3) is 1.56. The Morgan fingerprint density at radius 3 is 2.56 bits per heavy atom. The Bertz CT molecular complexity index is 543. The predicted octanol–water partition coefficient (Wildman–Crippen LogP) is 2.43. The molecular weight excluding hydrogens is 205 g/mol. The van der Waals surface area contributed by atoms with E-state index >= 15 is 0 Å². The van der Waals surface area contributed by atoms with Crippen LogP contribution in [0.4, 0.5) is 10.2 Å². The first-order chi connectivity index (χ1) is 7.50. The maximum Gasteiger partial charge on any atom is 0.124 e. The van der Waals surface area contributed by atoms with E-state index in [2.05, 4.69) is 5.10 Å². The van der Waals surface area contributed by atoms with Crippen molar-refractivity contribution in [3.05, 3.63) is 35.1 Å². The van der Waals surface area contributed by atoms with Crippen LogP contribution >= 0.6 is 0 Å². The number of nitrogens with two attached hydrogens (primary N) is 1. The molecule has 0 saturated carbocycles. The molecule has 1 heterocycles. The van der Waals surface area contributed by atoms with Gasteiger partial charge < -0.3 is 5.73 Å². The van der Waals surface area contributed by atoms with Gasteiger partial charge in [-0.3, -0.25) is 4.68 Å². The smallest absolute Gasteiger partial charge is 0.124 e. The number of rotatable bonds is 1. The van der Waals surface area contributed by atoms with Crippen LogP contribution in [0.2, 0.25) is 0 Å². The van der Waals surface area contributed by atoms with Crippen LogP contribution < -0.4 is 5.73 Å². The van der Waals surface area contributed by atoms with E-state index in [1.165, 1.54) is 12.1 Å². The average molecular weight is 219 g/mol. The van der Waals surface area contributed by atoms with Gasteiger partial charge in [0, 0.05) is 18.2 Å². The fourth-order valence-corrected chi connectivity index (χ4v) is 1.75. The van der Waals surface area contributed by atoms with Gasteiger partial charge in [0.1, 0.15) is 11.6 Å². The Kier molecular flexibility index (Phi) is 2.42. The molecule has 3 nitrogen and oxygen atoms in total. The highest BCUT2D eigenvalue weighted by Gasteiger charge is 2.13. The number of benzene rings is 1. The molecule has 84 valence electrons. The summed E-state index contributed by atoms with van der Waals surface area (Å²) < 4.78 is 14.8. The number of aromatic nitrogens is 2. The summed E-state index contributed by atoms with van der Waals surface area (Å²) in [6.07, 6.45) is 0. The predicted molar refractivity (Wildman–Crippen MR) is 62.5 cm³/mol. The maximum absolute atomic E-state index is 13.2. The van der Waals surface area contributed by atoms with Crippen LogP contribution in [-0.2, 0) is 7.05 Å². The Labute approximate surface area is 93.7 Å². The molecular formula is C12H14FN3. The van der Waals surface area contributed by atoms with Gasteiger partial charge >= 0.3 is 0 Å². The highest BCUT2D eigenvalue weighted by atomic mass is 19.1. The Morgan fingerprint density at radius 1 is 1.31 bits per heavy atom. The first-order valence-electron chi connectivity index (χ1n) is 5.06. The number of nitrogen functional groups attached to an aromatic ring is 1. The van der Waals surface area contributed by atoms with Crippen molar-refractivity contribution in [1.29, 1.82) is 0 Å². The lowest BCUT2D eigenvalue weighted by Gasteiger charge is -2.03. The van der Waals surface area contributed by atoms with Gasteiger partial charge in [-0.1, -0.05) is 6.07 Å². The summed E-state index contributed by atoms with van der Waals surface area (Å²) in [5.74, 6) is 0.350. The molecule has 0 fully saturated rings. The lowest BCUT2D eigenvalue weighted by molar-refractivity contribution is 0.627. The summed E-state index contributed by atoms with van der Waals surface area (Å²) in [6, 6.07) is 4.68. The van der Waals surface area contributed by atoms with Crippen LogP contribution in [0.5, 0.6) is 0 Å². The van der Waals surface area contributed by atoms with Crippen molar-refractivity contribution in [2.24, 2.45) is 7.05 Å². The van der Waals surface area contributed by atoms with Crippen molar-refractivity contribution in [3.63, 3.8) is 0 Å². The SMILES string of the molecule is Cc1ccc(F)cc1-c1nn(C)c(N)c1C. The molecule has 0 amide bonds. The molecule has 2 aromatic rings.